The van der Waals surface area contributed by atoms with Crippen molar-refractivity contribution in [3.63, 3.8) is 0 Å². The van der Waals surface area contributed by atoms with Gasteiger partial charge in [0.15, 0.2) is 5.65 Å². The van der Waals surface area contributed by atoms with Gasteiger partial charge in [-0.05, 0) is 104 Å². The maximum Gasteiger partial charge on any atom is 0.262 e. The van der Waals surface area contributed by atoms with E-state index in [2.05, 4.69) is 29.8 Å². The molecule has 2 saturated carbocycles. The number of rotatable bonds is 7. The fraction of sp³-hybridized carbons (Fsp3) is 0.372. The lowest BCUT2D eigenvalue weighted by molar-refractivity contribution is -0.136. The molecule has 6 aliphatic rings. The Morgan fingerprint density at radius 1 is 0.737 bits per heavy atom. The Hall–Kier alpha value is -5.99. The second kappa shape index (κ2) is 13.0. The molecular formula is C43H41N9O5. The number of carbonyl (C=O) groups excluding carboxylic acids is 4. The maximum absolute atomic E-state index is 13.4. The molecule has 4 aliphatic heterocycles. The molecule has 3 aromatic carbocycles. The molecule has 0 radical (unpaired) electrons. The number of benzene rings is 3. The third-order valence-corrected chi connectivity index (χ3v) is 13.4. The minimum Gasteiger partial charge on any atom is -0.457 e. The van der Waals surface area contributed by atoms with Crippen LogP contribution < -0.4 is 15.8 Å². The third-order valence-electron chi connectivity index (χ3n) is 13.4. The summed E-state index contributed by atoms with van der Waals surface area (Å²) in [5, 5.41) is 8.21. The number of nitrogens with one attached hydrogen (secondary N) is 1. The van der Waals surface area contributed by atoms with E-state index in [9.17, 15) is 19.2 Å². The first-order chi connectivity index (χ1) is 27.8. The van der Waals surface area contributed by atoms with Crippen molar-refractivity contribution in [2.24, 2.45) is 11.8 Å². The number of imide groups is 2. The highest BCUT2D eigenvalue weighted by Gasteiger charge is 2.49. The van der Waals surface area contributed by atoms with Crippen molar-refractivity contribution in [1.82, 2.24) is 39.8 Å². The zero-order chi connectivity index (χ0) is 38.5. The summed E-state index contributed by atoms with van der Waals surface area (Å²) >= 11 is 0. The van der Waals surface area contributed by atoms with Gasteiger partial charge in [-0.3, -0.25) is 39.2 Å². The summed E-state index contributed by atoms with van der Waals surface area (Å²) in [4.78, 5) is 66.1. The summed E-state index contributed by atoms with van der Waals surface area (Å²) in [5.41, 5.74) is 11.8. The van der Waals surface area contributed by atoms with Gasteiger partial charge in [-0.1, -0.05) is 18.2 Å². The van der Waals surface area contributed by atoms with Crippen LogP contribution in [0.3, 0.4) is 0 Å². The molecule has 4 fully saturated rings. The van der Waals surface area contributed by atoms with Crippen LogP contribution in [-0.4, -0.2) is 89.3 Å². The molecule has 3 atom stereocenters. The Labute approximate surface area is 328 Å². The third kappa shape index (κ3) is 5.64. The van der Waals surface area contributed by atoms with Crippen molar-refractivity contribution in [2.45, 2.75) is 75.8 Å². The van der Waals surface area contributed by atoms with Gasteiger partial charge in [-0.2, -0.15) is 5.10 Å². The summed E-state index contributed by atoms with van der Waals surface area (Å²) in [5.74, 6) is 1.28. The van der Waals surface area contributed by atoms with Crippen molar-refractivity contribution < 1.29 is 23.9 Å². The molecule has 57 heavy (non-hydrogen) atoms. The number of piperidine rings is 1. The molecule has 11 rings (SSSR count). The number of ether oxygens (including phenoxy) is 1. The largest absolute Gasteiger partial charge is 0.457 e. The van der Waals surface area contributed by atoms with Gasteiger partial charge in [0.2, 0.25) is 11.8 Å². The number of aromatic nitrogens is 4. The Morgan fingerprint density at radius 3 is 2.05 bits per heavy atom. The van der Waals surface area contributed by atoms with Gasteiger partial charge in [0.1, 0.15) is 35.4 Å². The first-order valence-corrected chi connectivity index (χ1v) is 19.9. The minimum absolute atomic E-state index is 0.107. The molecule has 0 spiro atoms. The van der Waals surface area contributed by atoms with Crippen LogP contribution in [0.15, 0.2) is 73.1 Å². The second-order valence-corrected chi connectivity index (χ2v) is 16.6. The van der Waals surface area contributed by atoms with Gasteiger partial charge in [0.05, 0.1) is 22.6 Å². The van der Waals surface area contributed by atoms with Gasteiger partial charge >= 0.3 is 0 Å². The highest BCUT2D eigenvalue weighted by atomic mass is 16.5. The van der Waals surface area contributed by atoms with E-state index in [4.69, 9.17) is 15.6 Å². The standard InChI is InChI=1S/C43H41N9O5/c44-39-37-38(23-6-8-32(9-7-23)57-31-4-2-1-3-5-31)48-52(40(37)46-22-45-39)30-12-24-18-49(19-25(24)13-30)28-16-29(17-28)50-20-26-14-33-34(15-27(26)21-50)43(56)51(42(33)55)35-10-11-36(53)47-41(35)54/h1-9,14-15,22,24-25,28-30,35H,10-13,16-21H2,(H2,44,45,46)(H,47,53,54). The number of amides is 4. The molecule has 288 valence electrons. The number of para-hydroxylation sites is 1. The lowest BCUT2D eigenvalue weighted by Gasteiger charge is -2.45. The molecule has 3 N–H and O–H groups in total. The SMILES string of the molecule is Nc1ncnc2c1c(-c1ccc(Oc3ccccc3)cc1)nn2C1CC2CN(C3CC(N4Cc5cc6c(cc5C4)C(=O)N(C4CCC(=O)NC4=O)C6=O)C3)CC2C1. The average molecular weight is 764 g/mol. The highest BCUT2D eigenvalue weighted by Crippen LogP contribution is 2.48. The van der Waals surface area contributed by atoms with Crippen LogP contribution in [0.5, 0.6) is 11.5 Å². The number of anilines is 1. The van der Waals surface area contributed by atoms with Crippen molar-refractivity contribution in [2.75, 3.05) is 18.8 Å². The molecule has 4 amide bonds. The average Bonchev–Trinajstić information content (AvgIpc) is 4.00. The molecule has 2 aliphatic carbocycles. The van der Waals surface area contributed by atoms with Crippen molar-refractivity contribution >= 4 is 40.5 Å². The van der Waals surface area contributed by atoms with E-state index in [0.29, 0.717) is 40.9 Å². The Morgan fingerprint density at radius 2 is 1.39 bits per heavy atom. The van der Waals surface area contributed by atoms with Gasteiger partial charge in [0.25, 0.3) is 11.8 Å². The Kier molecular flexibility index (Phi) is 7.84. The van der Waals surface area contributed by atoms with Crippen molar-refractivity contribution in [3.8, 4) is 22.8 Å². The van der Waals surface area contributed by atoms with Crippen LogP contribution in [0.1, 0.15) is 76.4 Å². The highest BCUT2D eigenvalue weighted by molar-refractivity contribution is 6.23. The topological polar surface area (TPSA) is 169 Å². The zero-order valence-corrected chi connectivity index (χ0v) is 31.2. The van der Waals surface area contributed by atoms with Crippen LogP contribution >= 0.6 is 0 Å². The summed E-state index contributed by atoms with van der Waals surface area (Å²) in [7, 11) is 0. The summed E-state index contributed by atoms with van der Waals surface area (Å²) < 4.78 is 8.12. The zero-order valence-electron chi connectivity index (χ0n) is 31.2. The van der Waals surface area contributed by atoms with E-state index < -0.39 is 23.8 Å². The van der Waals surface area contributed by atoms with Gasteiger partial charge in [0, 0.05) is 50.2 Å². The van der Waals surface area contributed by atoms with E-state index in [-0.39, 0.29) is 24.8 Å². The minimum atomic E-state index is -0.952. The number of nitrogen functional groups attached to an aromatic ring is 1. The number of fused-ring (bicyclic) bond motifs is 4. The molecular weight excluding hydrogens is 723 g/mol. The Balaban J connectivity index is 0.720. The number of nitrogens with zero attached hydrogens (tertiary/aromatic N) is 7. The summed E-state index contributed by atoms with van der Waals surface area (Å²) in [6.45, 7) is 3.66. The van der Waals surface area contributed by atoms with Crippen LogP contribution in [0.25, 0.3) is 22.3 Å². The normalized spacial score (nSPS) is 27.1. The van der Waals surface area contributed by atoms with E-state index in [0.717, 1.165) is 102 Å². The number of hydrogen-bond acceptors (Lipinski definition) is 11. The number of carbonyl (C=O) groups is 4. The molecule has 0 bridgehead atoms. The monoisotopic (exact) mass is 763 g/mol. The van der Waals surface area contributed by atoms with E-state index in [1.165, 1.54) is 6.33 Å². The molecule has 14 heteroatoms. The second-order valence-electron chi connectivity index (χ2n) is 16.6. The fourth-order valence-electron chi connectivity index (χ4n) is 10.4. The number of likely N-dealkylation sites (tertiary alicyclic amines) is 1. The van der Waals surface area contributed by atoms with Crippen molar-refractivity contribution in [3.05, 3.63) is 95.3 Å². The van der Waals surface area contributed by atoms with Crippen LogP contribution in [0.2, 0.25) is 0 Å². The molecule has 3 unspecified atom stereocenters. The first kappa shape index (κ1) is 34.3. The molecule has 6 heterocycles. The summed E-state index contributed by atoms with van der Waals surface area (Å²) in [6.07, 6.45) is 6.10. The summed E-state index contributed by atoms with van der Waals surface area (Å²) in [6, 6.07) is 21.6. The predicted molar refractivity (Wildman–Crippen MR) is 208 cm³/mol. The number of nitrogens with two attached hydrogens (primary N) is 1. The van der Waals surface area contributed by atoms with Gasteiger partial charge < -0.3 is 10.5 Å². The lowest BCUT2D eigenvalue weighted by Crippen LogP contribution is -2.54. The quantitative estimate of drug-likeness (QED) is 0.221. The van der Waals surface area contributed by atoms with Crippen LogP contribution in [0, 0.1) is 11.8 Å². The molecule has 14 nitrogen and oxygen atoms in total. The van der Waals surface area contributed by atoms with E-state index in [1.54, 1.807) is 0 Å². The first-order valence-electron chi connectivity index (χ1n) is 19.9. The van der Waals surface area contributed by atoms with E-state index in [1.807, 2.05) is 66.7 Å². The number of hydrogen-bond donors (Lipinski definition) is 2. The van der Waals surface area contributed by atoms with E-state index >= 15 is 0 Å². The lowest BCUT2D eigenvalue weighted by atomic mass is 9.84. The molecule has 5 aromatic rings. The molecule has 2 aromatic heterocycles. The molecule has 2 saturated heterocycles. The Bertz CT molecular complexity index is 2440. The van der Waals surface area contributed by atoms with Crippen LogP contribution in [0.4, 0.5) is 5.82 Å². The van der Waals surface area contributed by atoms with Gasteiger partial charge in [-0.15, -0.1) is 0 Å². The maximum atomic E-state index is 13.4. The fourth-order valence-corrected chi connectivity index (χ4v) is 10.4. The van der Waals surface area contributed by atoms with Crippen molar-refractivity contribution in [1.29, 1.82) is 0 Å². The van der Waals surface area contributed by atoms with Gasteiger partial charge in [-0.25, -0.2) is 14.6 Å². The predicted octanol–water partition coefficient (Wildman–Crippen LogP) is 4.70. The van der Waals surface area contributed by atoms with Crippen LogP contribution in [-0.2, 0) is 22.7 Å². The smallest absolute Gasteiger partial charge is 0.262 e.